The Morgan fingerprint density at radius 2 is 1.46 bits per heavy atom. The second-order valence-electron chi connectivity index (χ2n) is 5.55. The van der Waals surface area contributed by atoms with Crippen molar-refractivity contribution < 1.29 is 4.84 Å². The van der Waals surface area contributed by atoms with Crippen LogP contribution >= 0.6 is 0 Å². The van der Waals surface area contributed by atoms with Gasteiger partial charge in [-0.05, 0) is 28.7 Å². The molecule has 1 radical (unpaired) electrons. The quantitative estimate of drug-likeness (QED) is 0.444. The minimum Gasteiger partial charge on any atom is -0.390 e. The smallest absolute Gasteiger partial charge is 0.142 e. The third-order valence-electron chi connectivity index (χ3n) is 3.92. The van der Waals surface area contributed by atoms with E-state index < -0.39 is 0 Å². The summed E-state index contributed by atoms with van der Waals surface area (Å²) in [5.41, 5.74) is 5.71. The summed E-state index contributed by atoms with van der Waals surface area (Å²) >= 11 is 0. The zero-order valence-corrected chi connectivity index (χ0v) is 13.8. The zero-order valence-electron chi connectivity index (χ0n) is 13.8. The molecule has 0 heterocycles. The molecule has 0 N–H and O–H groups in total. The van der Waals surface area contributed by atoms with Gasteiger partial charge in [0.1, 0.15) is 12.8 Å². The van der Waals surface area contributed by atoms with Crippen molar-refractivity contribution in [1.82, 2.24) is 0 Å². The fourth-order valence-corrected chi connectivity index (χ4v) is 2.55. The summed E-state index contributed by atoms with van der Waals surface area (Å²) in [6.07, 6.45) is 3.93. The van der Waals surface area contributed by atoms with Crippen LogP contribution < -0.4 is 0 Å². The molecular weight excluding hydrogens is 294 g/mol. The molecule has 119 valence electrons. The second-order valence-corrected chi connectivity index (χ2v) is 5.55. The van der Waals surface area contributed by atoms with Gasteiger partial charge >= 0.3 is 0 Å². The standard InChI is InChI=1S/C22H20NO/c1-2-19-8-6-7-11-22(19)16-23-24-17-18-12-14-21(15-13-18)20-9-4-3-5-10-20/h3-15H,2,17H2,1H3. The van der Waals surface area contributed by atoms with Gasteiger partial charge in [0, 0.05) is 5.56 Å². The van der Waals surface area contributed by atoms with E-state index in [0.717, 1.165) is 17.5 Å². The summed E-state index contributed by atoms with van der Waals surface area (Å²) in [7, 11) is 0. The lowest BCUT2D eigenvalue weighted by Gasteiger charge is -2.04. The molecule has 0 aliphatic rings. The lowest BCUT2D eigenvalue weighted by atomic mass is 10.0. The Morgan fingerprint density at radius 1 is 0.792 bits per heavy atom. The summed E-state index contributed by atoms with van der Waals surface area (Å²) in [6.45, 7) is 2.56. The van der Waals surface area contributed by atoms with Gasteiger partial charge in [-0.3, -0.25) is 0 Å². The first-order valence-corrected chi connectivity index (χ1v) is 8.17. The van der Waals surface area contributed by atoms with Gasteiger partial charge in [-0.1, -0.05) is 90.9 Å². The van der Waals surface area contributed by atoms with Crippen molar-refractivity contribution in [2.45, 2.75) is 20.0 Å². The molecule has 0 saturated carbocycles. The first kappa shape index (κ1) is 16.0. The lowest BCUT2D eigenvalue weighted by molar-refractivity contribution is 0.132. The first-order valence-electron chi connectivity index (χ1n) is 8.17. The highest BCUT2D eigenvalue weighted by atomic mass is 16.6. The minimum absolute atomic E-state index is 0.441. The predicted octanol–water partition coefficient (Wildman–Crippen LogP) is 5.34. The normalized spacial score (nSPS) is 10.9. The molecule has 0 amide bonds. The van der Waals surface area contributed by atoms with E-state index in [1.807, 2.05) is 36.4 Å². The van der Waals surface area contributed by atoms with Crippen LogP contribution in [0.2, 0.25) is 0 Å². The van der Waals surface area contributed by atoms with Crippen molar-refractivity contribution in [2.24, 2.45) is 5.16 Å². The van der Waals surface area contributed by atoms with E-state index in [1.165, 1.54) is 16.7 Å². The number of aryl methyl sites for hydroxylation is 1. The highest BCUT2D eigenvalue weighted by Crippen LogP contribution is 2.19. The molecule has 0 fully saturated rings. The Morgan fingerprint density at radius 3 is 2.21 bits per heavy atom. The van der Waals surface area contributed by atoms with Crippen LogP contribution in [-0.4, -0.2) is 6.21 Å². The summed E-state index contributed by atoms with van der Waals surface area (Å²) in [5.74, 6) is 0. The summed E-state index contributed by atoms with van der Waals surface area (Å²) in [4.78, 5) is 5.38. The minimum atomic E-state index is 0.441. The maximum absolute atomic E-state index is 5.38. The third kappa shape index (κ3) is 4.11. The van der Waals surface area contributed by atoms with Gasteiger partial charge in [-0.25, -0.2) is 0 Å². The van der Waals surface area contributed by atoms with Gasteiger partial charge in [-0.2, -0.15) is 0 Å². The third-order valence-corrected chi connectivity index (χ3v) is 3.92. The molecule has 0 atom stereocenters. The molecule has 0 saturated heterocycles. The molecule has 2 nitrogen and oxygen atoms in total. The van der Waals surface area contributed by atoms with E-state index in [9.17, 15) is 0 Å². The number of rotatable bonds is 6. The topological polar surface area (TPSA) is 21.6 Å². The first-order chi connectivity index (χ1) is 11.9. The van der Waals surface area contributed by atoms with Crippen molar-refractivity contribution in [3.05, 3.63) is 95.6 Å². The Kier molecular flexibility index (Phi) is 5.41. The molecular formula is C22H20NO. The van der Waals surface area contributed by atoms with E-state index in [0.29, 0.717) is 6.61 Å². The molecule has 24 heavy (non-hydrogen) atoms. The SMILES string of the molecule is CCc1ccccc1/[C]=N\OCc1ccc(-c2ccccc2)cc1. The van der Waals surface area contributed by atoms with Crippen molar-refractivity contribution >= 4 is 6.21 Å². The lowest BCUT2D eigenvalue weighted by Crippen LogP contribution is -1.92. The Balaban J connectivity index is 1.58. The number of nitrogens with zero attached hydrogens (tertiary/aromatic N) is 1. The molecule has 2 heteroatoms. The summed E-state index contributed by atoms with van der Waals surface area (Å²) in [5, 5.41) is 3.98. The number of benzene rings is 3. The van der Waals surface area contributed by atoms with Crippen LogP contribution in [0.15, 0.2) is 84.0 Å². The molecule has 3 rings (SSSR count). The fourth-order valence-electron chi connectivity index (χ4n) is 2.55. The van der Waals surface area contributed by atoms with Crippen LogP contribution in [0.4, 0.5) is 0 Å². The van der Waals surface area contributed by atoms with Crippen LogP contribution in [0, 0.1) is 0 Å². The molecule has 3 aromatic carbocycles. The monoisotopic (exact) mass is 314 g/mol. The van der Waals surface area contributed by atoms with E-state index in [1.54, 1.807) is 0 Å². The van der Waals surface area contributed by atoms with Crippen LogP contribution in [0.5, 0.6) is 0 Å². The van der Waals surface area contributed by atoms with Gasteiger partial charge in [0.2, 0.25) is 0 Å². The highest BCUT2D eigenvalue weighted by molar-refractivity contribution is 5.81. The number of hydrogen-bond donors (Lipinski definition) is 0. The fraction of sp³-hybridized carbons (Fsp3) is 0.136. The van der Waals surface area contributed by atoms with Crippen molar-refractivity contribution in [1.29, 1.82) is 0 Å². The van der Waals surface area contributed by atoms with Crippen molar-refractivity contribution in [2.75, 3.05) is 0 Å². The van der Waals surface area contributed by atoms with Crippen LogP contribution in [-0.2, 0) is 17.9 Å². The molecule has 0 aliphatic carbocycles. The van der Waals surface area contributed by atoms with Gasteiger partial charge < -0.3 is 4.84 Å². The largest absolute Gasteiger partial charge is 0.390 e. The Hall–Kier alpha value is -2.87. The van der Waals surface area contributed by atoms with Gasteiger partial charge in [0.15, 0.2) is 0 Å². The molecule has 0 spiro atoms. The van der Waals surface area contributed by atoms with Crippen LogP contribution in [0.1, 0.15) is 23.6 Å². The van der Waals surface area contributed by atoms with Gasteiger partial charge in [0.05, 0.1) is 0 Å². The Bertz CT molecular complexity index is 792. The van der Waals surface area contributed by atoms with Crippen molar-refractivity contribution in [3.8, 4) is 11.1 Å². The predicted molar refractivity (Wildman–Crippen MR) is 99.0 cm³/mol. The van der Waals surface area contributed by atoms with E-state index in [2.05, 4.69) is 60.8 Å². The molecule has 0 bridgehead atoms. The molecule has 0 unspecified atom stereocenters. The van der Waals surface area contributed by atoms with Gasteiger partial charge in [-0.15, -0.1) is 0 Å². The molecule has 0 aliphatic heterocycles. The van der Waals surface area contributed by atoms with Crippen LogP contribution in [0.25, 0.3) is 11.1 Å². The average Bonchev–Trinajstić information content (AvgIpc) is 2.67. The zero-order chi connectivity index (χ0) is 16.6. The average molecular weight is 314 g/mol. The Labute approximate surface area is 143 Å². The van der Waals surface area contributed by atoms with E-state index >= 15 is 0 Å². The second kappa shape index (κ2) is 8.11. The van der Waals surface area contributed by atoms with Gasteiger partial charge in [0.25, 0.3) is 0 Å². The summed E-state index contributed by atoms with van der Waals surface area (Å²) in [6, 6.07) is 26.8. The molecule has 0 aromatic heterocycles. The summed E-state index contributed by atoms with van der Waals surface area (Å²) < 4.78 is 0. The van der Waals surface area contributed by atoms with E-state index in [4.69, 9.17) is 4.84 Å². The maximum Gasteiger partial charge on any atom is 0.142 e. The number of hydrogen-bond acceptors (Lipinski definition) is 2. The highest BCUT2D eigenvalue weighted by Gasteiger charge is 1.99. The van der Waals surface area contributed by atoms with E-state index in [-0.39, 0.29) is 0 Å². The molecule has 3 aromatic rings. The van der Waals surface area contributed by atoms with Crippen molar-refractivity contribution in [3.63, 3.8) is 0 Å². The van der Waals surface area contributed by atoms with Crippen LogP contribution in [0.3, 0.4) is 0 Å². The maximum atomic E-state index is 5.38.